The number of carboxylic acids is 1. The Morgan fingerprint density at radius 3 is 2.04 bits per heavy atom. The van der Waals surface area contributed by atoms with E-state index in [1.807, 2.05) is 31.2 Å². The van der Waals surface area contributed by atoms with Crippen LogP contribution in [0, 0.1) is 6.92 Å². The summed E-state index contributed by atoms with van der Waals surface area (Å²) in [5.74, 6) is -1.02. The SMILES string of the molecule is CC1=C(C)C(=O)C(C(CCCCCC(=O)O)c2ccc(C)cc2)=C(C)C1=O. The van der Waals surface area contributed by atoms with E-state index in [2.05, 4.69) is 0 Å². The van der Waals surface area contributed by atoms with E-state index in [-0.39, 0.29) is 23.9 Å². The Kier molecular flexibility index (Phi) is 6.89. The largest absolute Gasteiger partial charge is 0.481 e. The molecule has 0 radical (unpaired) electrons. The Morgan fingerprint density at radius 1 is 0.852 bits per heavy atom. The molecule has 27 heavy (non-hydrogen) atoms. The quantitative estimate of drug-likeness (QED) is 0.522. The minimum Gasteiger partial charge on any atom is -0.481 e. The lowest BCUT2D eigenvalue weighted by Gasteiger charge is -2.26. The van der Waals surface area contributed by atoms with Crippen molar-refractivity contribution in [3.63, 3.8) is 0 Å². The fraction of sp³-hybridized carbons (Fsp3) is 0.435. The molecule has 1 unspecified atom stereocenters. The number of aryl methyl sites for hydroxylation is 1. The lowest BCUT2D eigenvalue weighted by molar-refractivity contribution is -0.137. The minimum atomic E-state index is -0.784. The zero-order valence-corrected chi connectivity index (χ0v) is 16.6. The number of carboxylic acid groups (broad SMARTS) is 1. The second kappa shape index (κ2) is 8.94. The van der Waals surface area contributed by atoms with Crippen LogP contribution in [-0.4, -0.2) is 22.6 Å². The van der Waals surface area contributed by atoms with Crippen LogP contribution in [-0.2, 0) is 14.4 Å². The van der Waals surface area contributed by atoms with Crippen LogP contribution in [0.1, 0.15) is 69.9 Å². The smallest absolute Gasteiger partial charge is 0.303 e. The molecule has 4 heteroatoms. The number of aliphatic carboxylic acids is 1. The third kappa shape index (κ3) is 4.82. The highest BCUT2D eigenvalue weighted by molar-refractivity contribution is 6.25. The van der Waals surface area contributed by atoms with E-state index in [0.29, 0.717) is 28.7 Å². The maximum atomic E-state index is 13.0. The number of Topliss-reactive ketones (excluding diaryl/α,β-unsaturated/α-hetero) is 2. The molecule has 0 spiro atoms. The van der Waals surface area contributed by atoms with E-state index < -0.39 is 5.97 Å². The number of rotatable bonds is 8. The molecule has 0 amide bonds. The van der Waals surface area contributed by atoms with Gasteiger partial charge in [0.25, 0.3) is 0 Å². The standard InChI is InChI=1S/C23H28O4/c1-14-10-12-18(13-11-14)19(8-6-5-7-9-20(24)25)21-17(4)22(26)15(2)16(3)23(21)27/h10-13,19H,5-9H2,1-4H3,(H,24,25). The summed E-state index contributed by atoms with van der Waals surface area (Å²) < 4.78 is 0. The Labute approximate surface area is 161 Å². The van der Waals surface area contributed by atoms with E-state index in [1.165, 1.54) is 0 Å². The van der Waals surface area contributed by atoms with Crippen LogP contribution in [0.2, 0.25) is 0 Å². The number of carbonyl (C=O) groups excluding carboxylic acids is 2. The summed E-state index contributed by atoms with van der Waals surface area (Å²) in [5.41, 5.74) is 4.38. The third-order valence-corrected chi connectivity index (χ3v) is 5.44. The number of benzene rings is 1. The molecular formula is C23H28O4. The molecule has 0 saturated heterocycles. The van der Waals surface area contributed by atoms with Crippen molar-refractivity contribution >= 4 is 17.5 Å². The average molecular weight is 368 g/mol. The molecule has 2 rings (SSSR count). The molecule has 0 fully saturated rings. The zero-order chi connectivity index (χ0) is 20.1. The number of hydrogen-bond donors (Lipinski definition) is 1. The fourth-order valence-electron chi connectivity index (χ4n) is 3.61. The van der Waals surface area contributed by atoms with Gasteiger partial charge in [0.1, 0.15) is 0 Å². The predicted octanol–water partition coefficient (Wildman–Crippen LogP) is 4.92. The first-order valence-corrected chi connectivity index (χ1v) is 9.50. The molecule has 0 aromatic heterocycles. The maximum absolute atomic E-state index is 13.0. The molecule has 1 N–H and O–H groups in total. The van der Waals surface area contributed by atoms with Crippen LogP contribution < -0.4 is 0 Å². The van der Waals surface area contributed by atoms with Crippen LogP contribution in [0.5, 0.6) is 0 Å². The van der Waals surface area contributed by atoms with Crippen molar-refractivity contribution in [2.24, 2.45) is 0 Å². The summed E-state index contributed by atoms with van der Waals surface area (Å²) >= 11 is 0. The second-order valence-electron chi connectivity index (χ2n) is 7.40. The van der Waals surface area contributed by atoms with Gasteiger partial charge in [0.05, 0.1) is 0 Å². The van der Waals surface area contributed by atoms with E-state index >= 15 is 0 Å². The average Bonchev–Trinajstić information content (AvgIpc) is 2.63. The van der Waals surface area contributed by atoms with E-state index in [9.17, 15) is 14.4 Å². The minimum absolute atomic E-state index is 0.0410. The van der Waals surface area contributed by atoms with Gasteiger partial charge in [-0.1, -0.05) is 42.7 Å². The van der Waals surface area contributed by atoms with Crippen molar-refractivity contribution in [1.82, 2.24) is 0 Å². The van der Waals surface area contributed by atoms with E-state index in [4.69, 9.17) is 5.11 Å². The van der Waals surface area contributed by atoms with Crippen molar-refractivity contribution < 1.29 is 19.5 Å². The Morgan fingerprint density at radius 2 is 1.44 bits per heavy atom. The highest BCUT2D eigenvalue weighted by Gasteiger charge is 2.33. The molecule has 1 aromatic rings. The first-order valence-electron chi connectivity index (χ1n) is 9.50. The van der Waals surface area contributed by atoms with Gasteiger partial charge in [0.15, 0.2) is 11.6 Å². The topological polar surface area (TPSA) is 71.4 Å². The van der Waals surface area contributed by atoms with E-state index in [1.54, 1.807) is 20.8 Å². The first-order chi connectivity index (χ1) is 12.7. The van der Waals surface area contributed by atoms with Crippen molar-refractivity contribution in [2.75, 3.05) is 0 Å². The number of carbonyl (C=O) groups is 3. The summed E-state index contributed by atoms with van der Waals surface area (Å²) in [4.78, 5) is 36.3. The lowest BCUT2D eigenvalue weighted by atomic mass is 9.75. The predicted molar refractivity (Wildman–Crippen MR) is 106 cm³/mol. The molecule has 0 heterocycles. The van der Waals surface area contributed by atoms with Crippen LogP contribution in [0.3, 0.4) is 0 Å². The van der Waals surface area contributed by atoms with Gasteiger partial charge >= 0.3 is 5.97 Å². The van der Waals surface area contributed by atoms with E-state index in [0.717, 1.165) is 30.4 Å². The van der Waals surface area contributed by atoms with Crippen LogP contribution >= 0.6 is 0 Å². The van der Waals surface area contributed by atoms with Crippen LogP contribution in [0.25, 0.3) is 0 Å². The van der Waals surface area contributed by atoms with Crippen LogP contribution in [0.4, 0.5) is 0 Å². The van der Waals surface area contributed by atoms with Gasteiger partial charge in [0.2, 0.25) is 0 Å². The normalized spacial score (nSPS) is 16.1. The number of allylic oxidation sites excluding steroid dienone is 4. The number of ketones is 2. The van der Waals surface area contributed by atoms with Gasteiger partial charge in [-0.05, 0) is 46.1 Å². The van der Waals surface area contributed by atoms with Gasteiger partial charge in [-0.3, -0.25) is 14.4 Å². The molecule has 0 aliphatic heterocycles. The summed E-state index contributed by atoms with van der Waals surface area (Å²) in [6, 6.07) is 8.09. The molecule has 0 saturated carbocycles. The number of hydrogen-bond acceptors (Lipinski definition) is 3. The molecular weight excluding hydrogens is 340 g/mol. The monoisotopic (exact) mass is 368 g/mol. The lowest BCUT2D eigenvalue weighted by Crippen LogP contribution is -2.24. The molecule has 1 aromatic carbocycles. The molecule has 1 aliphatic rings. The second-order valence-corrected chi connectivity index (χ2v) is 7.40. The molecule has 1 atom stereocenters. The summed E-state index contributed by atoms with van der Waals surface area (Å²) in [5, 5.41) is 8.79. The molecule has 1 aliphatic carbocycles. The first kappa shape index (κ1) is 20.8. The van der Waals surface area contributed by atoms with Crippen molar-refractivity contribution in [3.8, 4) is 0 Å². The number of unbranched alkanes of at least 4 members (excludes halogenated alkanes) is 2. The molecule has 0 bridgehead atoms. The van der Waals surface area contributed by atoms with Gasteiger partial charge in [-0.25, -0.2) is 0 Å². The summed E-state index contributed by atoms with van der Waals surface area (Å²) in [6.07, 6.45) is 3.11. The Balaban J connectivity index is 2.32. The van der Waals surface area contributed by atoms with Crippen LogP contribution in [0.15, 0.2) is 46.6 Å². The Hall–Kier alpha value is -2.49. The fourth-order valence-corrected chi connectivity index (χ4v) is 3.61. The van der Waals surface area contributed by atoms with Gasteiger partial charge in [-0.15, -0.1) is 0 Å². The summed E-state index contributed by atoms with van der Waals surface area (Å²) in [7, 11) is 0. The van der Waals surface area contributed by atoms with Crippen molar-refractivity contribution in [3.05, 3.63) is 57.7 Å². The third-order valence-electron chi connectivity index (χ3n) is 5.44. The molecule has 144 valence electrons. The van der Waals surface area contributed by atoms with Gasteiger partial charge in [0, 0.05) is 34.6 Å². The van der Waals surface area contributed by atoms with Crippen molar-refractivity contribution in [1.29, 1.82) is 0 Å². The van der Waals surface area contributed by atoms with Gasteiger partial charge < -0.3 is 5.11 Å². The highest BCUT2D eigenvalue weighted by Crippen LogP contribution is 2.37. The maximum Gasteiger partial charge on any atom is 0.303 e. The Bertz CT molecular complexity index is 809. The van der Waals surface area contributed by atoms with Crippen molar-refractivity contribution in [2.45, 2.75) is 65.7 Å². The summed E-state index contributed by atoms with van der Waals surface area (Å²) in [6.45, 7) is 7.20. The zero-order valence-electron chi connectivity index (χ0n) is 16.6. The van der Waals surface area contributed by atoms with Gasteiger partial charge in [-0.2, -0.15) is 0 Å². The highest BCUT2D eigenvalue weighted by atomic mass is 16.4. The molecule has 4 nitrogen and oxygen atoms in total.